The van der Waals surface area contributed by atoms with Crippen LogP contribution in [0.1, 0.15) is 0 Å². The first-order valence-corrected chi connectivity index (χ1v) is 6.44. The molecular weight excluding hydrogens is 322 g/mol. The predicted molar refractivity (Wildman–Crippen MR) is 58.7 cm³/mol. The van der Waals surface area contributed by atoms with Crippen LogP contribution in [0, 0.1) is 23.3 Å². The van der Waals surface area contributed by atoms with Crippen LogP contribution in [0.3, 0.4) is 0 Å². The summed E-state index contributed by atoms with van der Waals surface area (Å²) in [6, 6.07) is 1.53. The van der Waals surface area contributed by atoms with E-state index in [-0.39, 0.29) is 4.57 Å². The van der Waals surface area contributed by atoms with E-state index < -0.39 is 55.7 Å². The molecule has 0 spiro atoms. The van der Waals surface area contributed by atoms with Crippen molar-refractivity contribution >= 4 is 10.1 Å². The van der Waals surface area contributed by atoms with Gasteiger partial charge in [-0.25, -0.2) is 22.1 Å². The van der Waals surface area contributed by atoms with E-state index in [0.717, 1.165) is 12.1 Å². The minimum atomic E-state index is -5.58. The first-order valence-electron chi connectivity index (χ1n) is 5.00. The van der Waals surface area contributed by atoms with Crippen LogP contribution in [0.5, 0.6) is 11.8 Å². The van der Waals surface area contributed by atoms with Crippen molar-refractivity contribution < 1.29 is 40.7 Å². The monoisotopic (exact) mass is 327 g/mol. The van der Waals surface area contributed by atoms with Crippen molar-refractivity contribution in [3.8, 4) is 17.4 Å². The molecule has 1 aromatic heterocycles. The second-order valence-electron chi connectivity index (χ2n) is 3.79. The zero-order chi connectivity index (χ0) is 16.1. The van der Waals surface area contributed by atoms with Crippen molar-refractivity contribution in [2.75, 3.05) is 0 Å². The normalized spacial score (nSPS) is 11.9. The van der Waals surface area contributed by atoms with Gasteiger partial charge >= 0.3 is 10.1 Å². The molecule has 0 fully saturated rings. The first kappa shape index (κ1) is 15.1. The lowest BCUT2D eigenvalue weighted by Crippen LogP contribution is -2.14. The predicted octanol–water partition coefficient (Wildman–Crippen LogP) is 1.69. The van der Waals surface area contributed by atoms with Crippen molar-refractivity contribution in [1.29, 1.82) is 0 Å². The maximum Gasteiger partial charge on any atom is 0.300 e. The molecular formula is C10H5F4NO5S. The second kappa shape index (κ2) is 4.63. The van der Waals surface area contributed by atoms with Gasteiger partial charge in [-0.2, -0.15) is 8.42 Å². The van der Waals surface area contributed by atoms with Crippen molar-refractivity contribution in [3.05, 3.63) is 35.4 Å². The molecule has 0 amide bonds. The van der Waals surface area contributed by atoms with E-state index in [4.69, 9.17) is 4.55 Å². The van der Waals surface area contributed by atoms with Crippen molar-refractivity contribution in [1.82, 2.24) is 4.57 Å². The summed E-state index contributed by atoms with van der Waals surface area (Å²) >= 11 is 0. The van der Waals surface area contributed by atoms with E-state index in [1.807, 2.05) is 0 Å². The van der Waals surface area contributed by atoms with Crippen LogP contribution in [0.15, 0.2) is 17.0 Å². The number of aromatic nitrogens is 1. The minimum Gasteiger partial charge on any atom is -0.494 e. The van der Waals surface area contributed by atoms with Gasteiger partial charge in [-0.1, -0.05) is 0 Å². The van der Waals surface area contributed by atoms with E-state index in [0.29, 0.717) is 0 Å². The Morgan fingerprint density at radius 3 is 1.57 bits per heavy atom. The maximum absolute atomic E-state index is 13.8. The molecule has 0 bridgehead atoms. The minimum absolute atomic E-state index is 0.00456. The third-order valence-corrected chi connectivity index (χ3v) is 3.40. The summed E-state index contributed by atoms with van der Waals surface area (Å²) in [5, 5.41) is 18.6. The maximum atomic E-state index is 13.8. The van der Waals surface area contributed by atoms with Crippen LogP contribution in [-0.4, -0.2) is 27.8 Å². The Balaban J connectivity index is 2.97. The fraction of sp³-hybridized carbons (Fsp3) is 0. The highest BCUT2D eigenvalue weighted by Crippen LogP contribution is 2.35. The molecule has 1 heterocycles. The molecule has 3 N–H and O–H groups in total. The van der Waals surface area contributed by atoms with Crippen molar-refractivity contribution in [3.63, 3.8) is 0 Å². The lowest BCUT2D eigenvalue weighted by molar-refractivity contribution is 0.374. The molecule has 114 valence electrons. The van der Waals surface area contributed by atoms with Gasteiger partial charge in [0.25, 0.3) is 0 Å². The zero-order valence-corrected chi connectivity index (χ0v) is 10.5. The van der Waals surface area contributed by atoms with Gasteiger partial charge in [-0.3, -0.25) is 4.55 Å². The van der Waals surface area contributed by atoms with Gasteiger partial charge in [0.05, 0.1) is 0 Å². The quantitative estimate of drug-likeness (QED) is 0.443. The number of nitrogens with zero attached hydrogens (tertiary/aromatic N) is 1. The van der Waals surface area contributed by atoms with Gasteiger partial charge in [0.15, 0.2) is 39.9 Å². The Morgan fingerprint density at radius 1 is 0.857 bits per heavy atom. The summed E-state index contributed by atoms with van der Waals surface area (Å²) in [6.07, 6.45) is 0. The van der Waals surface area contributed by atoms with Gasteiger partial charge in [0, 0.05) is 12.1 Å². The molecule has 11 heteroatoms. The highest BCUT2D eigenvalue weighted by molar-refractivity contribution is 7.85. The van der Waals surface area contributed by atoms with Crippen LogP contribution >= 0.6 is 0 Å². The number of halogens is 4. The molecule has 0 aliphatic heterocycles. The van der Waals surface area contributed by atoms with Crippen LogP contribution in [0.25, 0.3) is 5.69 Å². The highest BCUT2D eigenvalue weighted by atomic mass is 32.2. The summed E-state index contributed by atoms with van der Waals surface area (Å²) in [4.78, 5) is -2.22. The molecule has 0 aliphatic rings. The third kappa shape index (κ3) is 2.19. The average molecular weight is 327 g/mol. The van der Waals surface area contributed by atoms with Crippen molar-refractivity contribution in [2.45, 2.75) is 4.90 Å². The topological polar surface area (TPSA) is 99.8 Å². The van der Waals surface area contributed by atoms with Gasteiger partial charge in [0.2, 0.25) is 0 Å². The van der Waals surface area contributed by atoms with E-state index in [1.54, 1.807) is 0 Å². The third-order valence-electron chi connectivity index (χ3n) is 2.52. The Kier molecular flexibility index (Phi) is 3.34. The molecule has 1 aromatic carbocycles. The van der Waals surface area contributed by atoms with Crippen LogP contribution in [0.4, 0.5) is 17.6 Å². The highest BCUT2D eigenvalue weighted by Gasteiger charge is 2.34. The number of hydrogen-bond donors (Lipinski definition) is 3. The molecule has 0 radical (unpaired) electrons. The lowest BCUT2D eigenvalue weighted by atomic mass is 10.2. The molecule has 2 rings (SSSR count). The summed E-state index contributed by atoms with van der Waals surface area (Å²) in [5.74, 6) is -11.2. The molecule has 0 unspecified atom stereocenters. The number of benzene rings is 1. The zero-order valence-electron chi connectivity index (χ0n) is 9.68. The molecule has 0 saturated carbocycles. The molecule has 21 heavy (non-hydrogen) atoms. The molecule has 0 saturated heterocycles. The van der Waals surface area contributed by atoms with E-state index in [2.05, 4.69) is 0 Å². The van der Waals surface area contributed by atoms with Gasteiger partial charge in [0.1, 0.15) is 5.69 Å². The van der Waals surface area contributed by atoms with Crippen LogP contribution in [0.2, 0.25) is 0 Å². The summed E-state index contributed by atoms with van der Waals surface area (Å²) < 4.78 is 84.7. The summed E-state index contributed by atoms with van der Waals surface area (Å²) in [7, 11) is -5.58. The van der Waals surface area contributed by atoms with E-state index >= 15 is 0 Å². The van der Waals surface area contributed by atoms with Crippen LogP contribution < -0.4 is 0 Å². The SMILES string of the molecule is O=S(=O)(O)c1c(F)c(F)c(-n2c(O)ccc2O)c(F)c1F. The fourth-order valence-corrected chi connectivity index (χ4v) is 2.30. The number of rotatable bonds is 2. The fourth-order valence-electron chi connectivity index (χ4n) is 1.67. The largest absolute Gasteiger partial charge is 0.494 e. The first-order chi connectivity index (χ1) is 9.57. The smallest absolute Gasteiger partial charge is 0.300 e. The van der Waals surface area contributed by atoms with Gasteiger partial charge < -0.3 is 10.2 Å². The standard InChI is InChI=1S/C10H5F4NO5S/c11-5-7(13)10(21(18,19)20)8(14)6(12)9(5)15-3(16)1-2-4(15)17/h1-2,16-17H,(H,18,19,20). The summed E-state index contributed by atoms with van der Waals surface area (Å²) in [6.45, 7) is 0. The van der Waals surface area contributed by atoms with Crippen LogP contribution in [-0.2, 0) is 10.1 Å². The lowest BCUT2D eigenvalue weighted by Gasteiger charge is -2.12. The number of hydrogen-bond acceptors (Lipinski definition) is 4. The van der Waals surface area contributed by atoms with Gasteiger partial charge in [-0.15, -0.1) is 0 Å². The Labute approximate surface area is 114 Å². The Bertz CT molecular complexity index is 797. The average Bonchev–Trinajstić information content (AvgIpc) is 2.67. The Morgan fingerprint density at radius 2 is 1.24 bits per heavy atom. The Hall–Kier alpha value is -2.27. The van der Waals surface area contributed by atoms with E-state index in [1.165, 1.54) is 0 Å². The van der Waals surface area contributed by atoms with E-state index in [9.17, 15) is 36.2 Å². The number of aromatic hydroxyl groups is 2. The molecule has 6 nitrogen and oxygen atoms in total. The molecule has 2 aromatic rings. The van der Waals surface area contributed by atoms with Crippen molar-refractivity contribution in [2.24, 2.45) is 0 Å². The molecule has 0 atom stereocenters. The molecule has 0 aliphatic carbocycles. The summed E-state index contributed by atoms with van der Waals surface area (Å²) in [5.41, 5.74) is -1.59. The second-order valence-corrected chi connectivity index (χ2v) is 5.15. The van der Waals surface area contributed by atoms with Gasteiger partial charge in [-0.05, 0) is 0 Å².